The van der Waals surface area contributed by atoms with Crippen molar-refractivity contribution in [1.29, 1.82) is 0 Å². The molecule has 0 bridgehead atoms. The van der Waals surface area contributed by atoms with Gasteiger partial charge in [0.2, 0.25) is 0 Å². The van der Waals surface area contributed by atoms with Crippen LogP contribution >= 0.6 is 31.9 Å². The van der Waals surface area contributed by atoms with E-state index in [1.54, 1.807) is 6.07 Å². The number of halogens is 3. The van der Waals surface area contributed by atoms with E-state index in [2.05, 4.69) is 37.2 Å². The molecule has 1 amide bonds. The van der Waals surface area contributed by atoms with Gasteiger partial charge in [0.25, 0.3) is 5.91 Å². The van der Waals surface area contributed by atoms with Crippen molar-refractivity contribution in [2.24, 2.45) is 0 Å². The molecule has 0 heterocycles. The maximum atomic E-state index is 13.4. The van der Waals surface area contributed by atoms with Gasteiger partial charge in [0.05, 0.1) is 5.56 Å². The van der Waals surface area contributed by atoms with Crippen LogP contribution in [0.25, 0.3) is 0 Å². The highest BCUT2D eigenvalue weighted by atomic mass is 79.9. The summed E-state index contributed by atoms with van der Waals surface area (Å²) in [5.74, 6) is -0.843. The minimum Gasteiger partial charge on any atom is -0.352 e. The van der Waals surface area contributed by atoms with Gasteiger partial charge in [-0.15, -0.1) is 0 Å². The fourth-order valence-electron chi connectivity index (χ4n) is 1.54. The van der Waals surface area contributed by atoms with Gasteiger partial charge in [-0.1, -0.05) is 44.7 Å². The van der Waals surface area contributed by atoms with Gasteiger partial charge in [0, 0.05) is 16.3 Å². The first-order chi connectivity index (χ1) is 8.65. The molecule has 1 N–H and O–H groups in total. The third-order valence-electron chi connectivity index (χ3n) is 2.52. The predicted molar refractivity (Wildman–Crippen MR) is 78.7 cm³/mol. The molecular weight excluding hydrogens is 365 g/mol. The molecule has 2 nitrogen and oxygen atoms in total. The van der Waals surface area contributed by atoms with Crippen molar-refractivity contribution in [2.45, 2.75) is 25.7 Å². The summed E-state index contributed by atoms with van der Waals surface area (Å²) in [5, 5.41) is 3.75. The monoisotopic (exact) mass is 379 g/mol. The van der Waals surface area contributed by atoms with Crippen molar-refractivity contribution >= 4 is 37.8 Å². The molecule has 0 atom stereocenters. The van der Waals surface area contributed by atoms with E-state index < -0.39 is 5.82 Å². The molecule has 1 aromatic carbocycles. The third-order valence-corrected chi connectivity index (χ3v) is 3.57. The second-order valence-electron chi connectivity index (χ2n) is 3.98. The topological polar surface area (TPSA) is 29.1 Å². The Morgan fingerprint density at radius 1 is 1.22 bits per heavy atom. The molecule has 1 rings (SSSR count). The largest absolute Gasteiger partial charge is 0.352 e. The highest BCUT2D eigenvalue weighted by Gasteiger charge is 2.11. The number of hydrogen-bond acceptors (Lipinski definition) is 1. The Labute approximate surface area is 124 Å². The molecule has 0 radical (unpaired) electrons. The smallest absolute Gasteiger partial charge is 0.254 e. The van der Waals surface area contributed by atoms with Crippen LogP contribution in [0, 0.1) is 5.82 Å². The Bertz CT molecular complexity index is 399. The van der Waals surface area contributed by atoms with Crippen molar-refractivity contribution < 1.29 is 9.18 Å². The Morgan fingerprint density at radius 2 is 1.94 bits per heavy atom. The van der Waals surface area contributed by atoms with Crippen LogP contribution in [0.1, 0.15) is 36.0 Å². The van der Waals surface area contributed by atoms with Gasteiger partial charge < -0.3 is 5.32 Å². The molecule has 0 saturated carbocycles. The molecule has 0 aromatic heterocycles. The average Bonchev–Trinajstić information content (AvgIpc) is 2.36. The number of benzene rings is 1. The summed E-state index contributed by atoms with van der Waals surface area (Å²) in [6, 6.07) is 4.36. The van der Waals surface area contributed by atoms with Crippen molar-refractivity contribution in [3.05, 3.63) is 34.1 Å². The summed E-state index contributed by atoms with van der Waals surface area (Å²) in [7, 11) is 0. The number of unbranched alkanes of at least 4 members (excludes halogenated alkanes) is 3. The molecule has 0 aliphatic carbocycles. The van der Waals surface area contributed by atoms with E-state index in [1.807, 2.05) is 0 Å². The number of carbonyl (C=O) groups excluding carboxylic acids is 1. The zero-order chi connectivity index (χ0) is 13.4. The SMILES string of the molecule is O=C(NCCCCCCBr)c1cc(Br)ccc1F. The van der Waals surface area contributed by atoms with Gasteiger partial charge >= 0.3 is 0 Å². The van der Waals surface area contributed by atoms with Gasteiger partial charge in [0.1, 0.15) is 5.82 Å². The number of alkyl halides is 1. The number of rotatable bonds is 7. The van der Waals surface area contributed by atoms with E-state index in [-0.39, 0.29) is 11.5 Å². The summed E-state index contributed by atoms with van der Waals surface area (Å²) in [4.78, 5) is 11.7. The zero-order valence-electron chi connectivity index (χ0n) is 10.0. The first kappa shape index (κ1) is 15.6. The number of hydrogen-bond donors (Lipinski definition) is 1. The molecule has 0 aliphatic rings. The first-order valence-corrected chi connectivity index (χ1v) is 7.86. The molecule has 0 saturated heterocycles. The summed E-state index contributed by atoms with van der Waals surface area (Å²) in [6.45, 7) is 0.590. The Balaban J connectivity index is 2.34. The molecule has 100 valence electrons. The normalized spacial score (nSPS) is 10.4. The quantitative estimate of drug-likeness (QED) is 0.555. The van der Waals surface area contributed by atoms with Gasteiger partial charge in [-0.05, 0) is 31.0 Å². The van der Waals surface area contributed by atoms with Crippen molar-refractivity contribution in [1.82, 2.24) is 5.32 Å². The van der Waals surface area contributed by atoms with Crippen LogP contribution < -0.4 is 5.32 Å². The fraction of sp³-hybridized carbons (Fsp3) is 0.462. The summed E-state index contributed by atoms with van der Waals surface area (Å²) in [5.41, 5.74) is 0.0878. The summed E-state index contributed by atoms with van der Waals surface area (Å²) >= 11 is 6.60. The second kappa shape index (κ2) is 8.64. The van der Waals surface area contributed by atoms with Gasteiger partial charge in [0.15, 0.2) is 0 Å². The molecule has 0 unspecified atom stereocenters. The minimum absolute atomic E-state index is 0.0878. The highest BCUT2D eigenvalue weighted by molar-refractivity contribution is 9.10. The zero-order valence-corrected chi connectivity index (χ0v) is 13.2. The van der Waals surface area contributed by atoms with E-state index in [0.717, 1.165) is 31.0 Å². The van der Waals surface area contributed by atoms with Gasteiger partial charge in [-0.25, -0.2) is 4.39 Å². The van der Waals surface area contributed by atoms with E-state index in [0.29, 0.717) is 11.0 Å². The van der Waals surface area contributed by atoms with Crippen molar-refractivity contribution in [2.75, 3.05) is 11.9 Å². The first-order valence-electron chi connectivity index (χ1n) is 5.94. The van der Waals surface area contributed by atoms with E-state index in [1.165, 1.54) is 12.1 Å². The maximum Gasteiger partial charge on any atom is 0.254 e. The second-order valence-corrected chi connectivity index (χ2v) is 5.69. The van der Waals surface area contributed by atoms with Crippen LogP contribution in [0.15, 0.2) is 22.7 Å². The maximum absolute atomic E-state index is 13.4. The molecule has 1 aromatic rings. The minimum atomic E-state index is -0.491. The number of amides is 1. The van der Waals surface area contributed by atoms with E-state index in [9.17, 15) is 9.18 Å². The molecule has 0 aliphatic heterocycles. The predicted octanol–water partition coefficient (Wildman–Crippen LogP) is 4.27. The summed E-state index contributed by atoms with van der Waals surface area (Å²) in [6.07, 6.45) is 4.29. The van der Waals surface area contributed by atoms with Gasteiger partial charge in [-0.3, -0.25) is 4.79 Å². The lowest BCUT2D eigenvalue weighted by molar-refractivity contribution is 0.0949. The van der Waals surface area contributed by atoms with Crippen LogP contribution in [-0.2, 0) is 0 Å². The third kappa shape index (κ3) is 5.48. The van der Waals surface area contributed by atoms with E-state index in [4.69, 9.17) is 0 Å². The van der Waals surface area contributed by atoms with Crippen molar-refractivity contribution in [3.63, 3.8) is 0 Å². The lowest BCUT2D eigenvalue weighted by Gasteiger charge is -2.06. The van der Waals surface area contributed by atoms with Crippen LogP contribution in [0.3, 0.4) is 0 Å². The van der Waals surface area contributed by atoms with Crippen LogP contribution in [0.4, 0.5) is 4.39 Å². The van der Waals surface area contributed by atoms with Crippen LogP contribution in [-0.4, -0.2) is 17.8 Å². The lowest BCUT2D eigenvalue weighted by atomic mass is 10.2. The average molecular weight is 381 g/mol. The number of nitrogens with one attached hydrogen (secondary N) is 1. The highest BCUT2D eigenvalue weighted by Crippen LogP contribution is 2.15. The molecule has 0 spiro atoms. The molecule has 18 heavy (non-hydrogen) atoms. The number of carbonyl (C=O) groups is 1. The Hall–Kier alpha value is -0.420. The van der Waals surface area contributed by atoms with E-state index >= 15 is 0 Å². The Morgan fingerprint density at radius 3 is 2.67 bits per heavy atom. The van der Waals surface area contributed by atoms with Crippen LogP contribution in [0.2, 0.25) is 0 Å². The Kier molecular flexibility index (Phi) is 7.51. The summed E-state index contributed by atoms with van der Waals surface area (Å²) < 4.78 is 14.1. The molecular formula is C13H16Br2FNO. The van der Waals surface area contributed by atoms with Crippen LogP contribution in [0.5, 0.6) is 0 Å². The molecule has 0 fully saturated rings. The van der Waals surface area contributed by atoms with Gasteiger partial charge in [-0.2, -0.15) is 0 Å². The standard InChI is InChI=1S/C13H16Br2FNO/c14-7-3-1-2-4-8-17-13(18)11-9-10(15)5-6-12(11)16/h5-6,9H,1-4,7-8H2,(H,17,18). The van der Waals surface area contributed by atoms with Crippen molar-refractivity contribution in [3.8, 4) is 0 Å². The fourth-order valence-corrected chi connectivity index (χ4v) is 2.30. The lowest BCUT2D eigenvalue weighted by Crippen LogP contribution is -2.25. The molecule has 5 heteroatoms.